The normalized spacial score (nSPS) is 11.2. The van der Waals surface area contributed by atoms with Gasteiger partial charge in [-0.05, 0) is 47.9 Å². The summed E-state index contributed by atoms with van der Waals surface area (Å²) in [7, 11) is 0. The van der Waals surface area contributed by atoms with Gasteiger partial charge in [0.1, 0.15) is 11.5 Å². The molecule has 0 aliphatic carbocycles. The number of alkyl halides is 3. The number of aliphatic carboxylic acids is 1. The quantitative estimate of drug-likeness (QED) is 0.317. The van der Waals surface area contributed by atoms with Gasteiger partial charge in [0.2, 0.25) is 0 Å². The van der Waals surface area contributed by atoms with Gasteiger partial charge in [0.15, 0.2) is 0 Å². The Balaban J connectivity index is 1.77. The number of nitrogens with two attached hydrogens (primary N) is 1. The molecular weight excluding hydrogens is 460 g/mol. The molecule has 0 aliphatic heterocycles. The topological polar surface area (TPSA) is 137 Å². The average Bonchev–Trinajstić information content (AvgIpc) is 3.18. The molecule has 0 aliphatic rings. The van der Waals surface area contributed by atoms with E-state index in [2.05, 4.69) is 10.3 Å². The van der Waals surface area contributed by atoms with Gasteiger partial charge >= 0.3 is 18.2 Å². The van der Waals surface area contributed by atoms with Crippen molar-refractivity contribution >= 4 is 29.3 Å². The highest BCUT2D eigenvalue weighted by Gasteiger charge is 2.31. The van der Waals surface area contributed by atoms with Crippen molar-refractivity contribution in [3.8, 4) is 11.1 Å². The van der Waals surface area contributed by atoms with Gasteiger partial charge in [0, 0.05) is 23.9 Å². The number of primary amides is 1. The third kappa shape index (κ3) is 5.71. The molecule has 0 unspecified atom stereocenters. The molecule has 8 nitrogen and oxygen atoms in total. The summed E-state index contributed by atoms with van der Waals surface area (Å²) in [5.74, 6) is -2.81. The lowest BCUT2D eigenvalue weighted by atomic mass is 9.98. The van der Waals surface area contributed by atoms with Crippen LogP contribution in [0.15, 0.2) is 48.7 Å². The van der Waals surface area contributed by atoms with Gasteiger partial charge in [-0.3, -0.25) is 9.59 Å². The van der Waals surface area contributed by atoms with Crippen LogP contribution in [0, 0.1) is 5.82 Å². The third-order valence-corrected chi connectivity index (χ3v) is 4.79. The van der Waals surface area contributed by atoms with Crippen molar-refractivity contribution in [1.82, 2.24) is 4.98 Å². The number of carbonyl (C=O) groups excluding carboxylic acids is 2. The van der Waals surface area contributed by atoms with E-state index in [1.54, 1.807) is 0 Å². The van der Waals surface area contributed by atoms with Crippen LogP contribution in [0.5, 0.6) is 0 Å². The number of carboxylic acid groups (broad SMARTS) is 1. The summed E-state index contributed by atoms with van der Waals surface area (Å²) in [4.78, 5) is 37.5. The summed E-state index contributed by atoms with van der Waals surface area (Å²) in [6, 6.07) is 6.60. The lowest BCUT2D eigenvalue weighted by molar-refractivity contribution is -0.138. The van der Waals surface area contributed by atoms with E-state index in [0.29, 0.717) is 34.9 Å². The summed E-state index contributed by atoms with van der Waals surface area (Å²) < 4.78 is 52.3. The Hall–Kier alpha value is -4.35. The van der Waals surface area contributed by atoms with Crippen molar-refractivity contribution in [3.05, 3.63) is 71.3 Å². The fourth-order valence-electron chi connectivity index (χ4n) is 3.23. The fraction of sp³-hybridized carbons (Fsp3) is 0.136. The Morgan fingerprint density at radius 1 is 1.03 bits per heavy atom. The van der Waals surface area contributed by atoms with Crippen LogP contribution in [0.2, 0.25) is 0 Å². The summed E-state index contributed by atoms with van der Waals surface area (Å²) in [5.41, 5.74) is 5.39. The van der Waals surface area contributed by atoms with E-state index >= 15 is 0 Å². The van der Waals surface area contributed by atoms with E-state index in [-0.39, 0.29) is 24.2 Å². The van der Waals surface area contributed by atoms with Crippen LogP contribution in [0.25, 0.3) is 11.1 Å². The molecule has 0 fully saturated rings. The van der Waals surface area contributed by atoms with Crippen LogP contribution in [-0.4, -0.2) is 28.0 Å². The minimum atomic E-state index is -4.71. The van der Waals surface area contributed by atoms with Gasteiger partial charge in [0.25, 0.3) is 5.91 Å². The molecule has 0 saturated heterocycles. The maximum absolute atomic E-state index is 13.8. The minimum Gasteiger partial charge on any atom is -0.481 e. The second kappa shape index (κ2) is 9.65. The number of H-pyrrole nitrogens is 1. The molecule has 3 rings (SSSR count). The van der Waals surface area contributed by atoms with Crippen molar-refractivity contribution in [1.29, 1.82) is 0 Å². The highest BCUT2D eigenvalue weighted by molar-refractivity contribution is 6.01. The smallest absolute Gasteiger partial charge is 0.416 e. The zero-order valence-corrected chi connectivity index (χ0v) is 17.3. The average molecular weight is 478 g/mol. The first-order valence-electron chi connectivity index (χ1n) is 9.72. The van der Waals surface area contributed by atoms with Gasteiger partial charge in [-0.25, -0.2) is 9.18 Å². The number of halogens is 4. The standard InChI is InChI=1S/C22H18F4N4O4/c23-15-7-4-13(22(24,25)26)9-16(15)30-21(34)29-14-5-1-11(2-6-14)18-12(3-8-17(31)32)10-28-19(18)20(27)33/h1-2,4-7,9-10,28H,3,8H2,(H2,27,33)(H,31,32)(H2,29,30,34). The second-order valence-electron chi connectivity index (χ2n) is 7.17. The number of anilines is 2. The first-order valence-corrected chi connectivity index (χ1v) is 9.72. The van der Waals surface area contributed by atoms with Crippen molar-refractivity contribution in [2.45, 2.75) is 19.0 Å². The molecule has 0 bridgehead atoms. The lowest BCUT2D eigenvalue weighted by Crippen LogP contribution is -2.20. The zero-order valence-electron chi connectivity index (χ0n) is 17.3. The Morgan fingerprint density at radius 3 is 2.29 bits per heavy atom. The molecule has 0 atom stereocenters. The summed E-state index contributed by atoms with van der Waals surface area (Å²) in [5, 5.41) is 13.3. The lowest BCUT2D eigenvalue weighted by Gasteiger charge is -2.12. The van der Waals surface area contributed by atoms with Crippen LogP contribution in [0.4, 0.5) is 33.7 Å². The molecule has 12 heteroatoms. The molecule has 0 saturated carbocycles. The molecule has 6 N–H and O–H groups in total. The number of aryl methyl sites for hydroxylation is 1. The number of urea groups is 1. The second-order valence-corrected chi connectivity index (χ2v) is 7.17. The molecule has 1 aromatic heterocycles. The molecular formula is C22H18F4N4O4. The Bertz CT molecular complexity index is 1240. The minimum absolute atomic E-state index is 0.0823. The van der Waals surface area contributed by atoms with E-state index in [4.69, 9.17) is 10.8 Å². The van der Waals surface area contributed by atoms with Crippen molar-refractivity contribution in [2.75, 3.05) is 10.6 Å². The van der Waals surface area contributed by atoms with Crippen LogP contribution >= 0.6 is 0 Å². The SMILES string of the molecule is NC(=O)c1[nH]cc(CCC(=O)O)c1-c1ccc(NC(=O)Nc2cc(C(F)(F)F)ccc2F)cc1. The van der Waals surface area contributed by atoms with E-state index in [1.807, 2.05) is 5.32 Å². The Kier molecular flexibility index (Phi) is 6.89. The number of rotatable bonds is 7. The van der Waals surface area contributed by atoms with E-state index in [9.17, 15) is 31.9 Å². The molecule has 34 heavy (non-hydrogen) atoms. The maximum atomic E-state index is 13.8. The van der Waals surface area contributed by atoms with Crippen LogP contribution < -0.4 is 16.4 Å². The number of benzene rings is 2. The first kappa shape index (κ1) is 24.3. The monoisotopic (exact) mass is 478 g/mol. The van der Waals surface area contributed by atoms with Gasteiger partial charge < -0.3 is 26.5 Å². The summed E-state index contributed by atoms with van der Waals surface area (Å²) in [6.45, 7) is 0. The van der Waals surface area contributed by atoms with Crippen LogP contribution in [-0.2, 0) is 17.4 Å². The van der Waals surface area contributed by atoms with Gasteiger partial charge in [-0.1, -0.05) is 12.1 Å². The highest BCUT2D eigenvalue weighted by Crippen LogP contribution is 2.32. The van der Waals surface area contributed by atoms with Crippen molar-refractivity contribution < 1.29 is 37.1 Å². The first-order chi connectivity index (χ1) is 16.0. The molecule has 0 radical (unpaired) electrons. The highest BCUT2D eigenvalue weighted by atomic mass is 19.4. The number of nitrogens with one attached hydrogen (secondary N) is 3. The summed E-state index contributed by atoms with van der Waals surface area (Å²) in [6.07, 6.45) is -3.25. The van der Waals surface area contributed by atoms with E-state index in [1.165, 1.54) is 30.5 Å². The summed E-state index contributed by atoms with van der Waals surface area (Å²) >= 11 is 0. The van der Waals surface area contributed by atoms with Gasteiger partial charge in [0.05, 0.1) is 11.3 Å². The Morgan fingerprint density at radius 2 is 1.71 bits per heavy atom. The Labute approximate surface area is 189 Å². The number of aromatic amines is 1. The van der Waals surface area contributed by atoms with E-state index in [0.717, 1.165) is 0 Å². The predicted octanol–water partition coefficient (Wildman–Crippen LogP) is 4.60. The molecule has 1 heterocycles. The van der Waals surface area contributed by atoms with Gasteiger partial charge in [-0.15, -0.1) is 0 Å². The van der Waals surface area contributed by atoms with Crippen molar-refractivity contribution in [3.63, 3.8) is 0 Å². The van der Waals surface area contributed by atoms with Crippen LogP contribution in [0.1, 0.15) is 28.0 Å². The molecule has 178 valence electrons. The molecule has 3 amide bonds. The largest absolute Gasteiger partial charge is 0.481 e. The van der Waals surface area contributed by atoms with Crippen LogP contribution in [0.3, 0.4) is 0 Å². The number of hydrogen-bond acceptors (Lipinski definition) is 3. The van der Waals surface area contributed by atoms with Gasteiger partial charge in [-0.2, -0.15) is 13.2 Å². The fourth-order valence-corrected chi connectivity index (χ4v) is 3.23. The number of hydrogen-bond donors (Lipinski definition) is 5. The molecule has 2 aromatic carbocycles. The number of carbonyl (C=O) groups is 3. The predicted molar refractivity (Wildman–Crippen MR) is 115 cm³/mol. The zero-order chi connectivity index (χ0) is 25.0. The third-order valence-electron chi connectivity index (χ3n) is 4.79. The number of amides is 3. The maximum Gasteiger partial charge on any atom is 0.416 e. The number of aromatic nitrogens is 1. The molecule has 3 aromatic rings. The molecule has 0 spiro atoms. The van der Waals surface area contributed by atoms with Crippen molar-refractivity contribution in [2.24, 2.45) is 5.73 Å². The van der Waals surface area contributed by atoms with E-state index < -0.39 is 41.2 Å². The number of carboxylic acids is 1.